The van der Waals surface area contributed by atoms with Gasteiger partial charge in [-0.3, -0.25) is 14.9 Å². The summed E-state index contributed by atoms with van der Waals surface area (Å²) in [6, 6.07) is 4.38. The molecule has 20 heavy (non-hydrogen) atoms. The number of Topliss-reactive ketones (excluding diaryl/α,β-unsaturated/α-hetero) is 1. The Kier molecular flexibility index (Phi) is 3.48. The Morgan fingerprint density at radius 3 is 2.60 bits per heavy atom. The number of hydrogen-bond donors (Lipinski definition) is 0. The third kappa shape index (κ3) is 2.79. The van der Waals surface area contributed by atoms with Gasteiger partial charge in [-0.25, -0.2) is 9.97 Å². The van der Waals surface area contributed by atoms with Gasteiger partial charge in [0.05, 0.1) is 16.1 Å². The lowest BCUT2D eigenvalue weighted by Crippen LogP contribution is -2.22. The summed E-state index contributed by atoms with van der Waals surface area (Å²) < 4.78 is 0. The highest BCUT2D eigenvalue weighted by Gasteiger charge is 2.23. The predicted octanol–water partition coefficient (Wildman–Crippen LogP) is 2.70. The van der Waals surface area contributed by atoms with E-state index in [0.29, 0.717) is 16.6 Å². The van der Waals surface area contributed by atoms with Crippen molar-refractivity contribution in [2.24, 2.45) is 5.41 Å². The second-order valence-corrected chi connectivity index (χ2v) is 5.63. The third-order valence-corrected chi connectivity index (χ3v) is 3.08. The molecule has 0 saturated carbocycles. The zero-order valence-electron chi connectivity index (χ0n) is 11.6. The molecular weight excluding hydrogens is 258 g/mol. The minimum Gasteiger partial charge on any atom is -0.299 e. The lowest BCUT2D eigenvalue weighted by atomic mass is 9.87. The molecule has 1 aromatic heterocycles. The van der Waals surface area contributed by atoms with Crippen molar-refractivity contribution < 1.29 is 9.72 Å². The average molecular weight is 273 g/mol. The fourth-order valence-electron chi connectivity index (χ4n) is 1.77. The minimum absolute atomic E-state index is 0.0308. The van der Waals surface area contributed by atoms with Crippen LogP contribution in [0.1, 0.15) is 26.5 Å². The number of nitro groups is 1. The van der Waals surface area contributed by atoms with Gasteiger partial charge in [-0.05, 0) is 6.07 Å². The van der Waals surface area contributed by atoms with Crippen molar-refractivity contribution in [3.8, 4) is 0 Å². The molecule has 0 aliphatic carbocycles. The normalized spacial score (nSPS) is 11.6. The first kappa shape index (κ1) is 14.0. The summed E-state index contributed by atoms with van der Waals surface area (Å²) in [5, 5.41) is 11.4. The van der Waals surface area contributed by atoms with Crippen molar-refractivity contribution in [3.05, 3.63) is 40.3 Å². The summed E-state index contributed by atoms with van der Waals surface area (Å²) in [6.07, 6.45) is 1.52. The molecule has 0 aliphatic rings. The molecule has 0 saturated heterocycles. The lowest BCUT2D eigenvalue weighted by Gasteiger charge is -2.16. The van der Waals surface area contributed by atoms with Crippen LogP contribution < -0.4 is 0 Å². The number of hydrogen-bond acceptors (Lipinski definition) is 5. The summed E-state index contributed by atoms with van der Waals surface area (Å²) in [4.78, 5) is 30.6. The van der Waals surface area contributed by atoms with E-state index in [0.717, 1.165) is 0 Å². The van der Waals surface area contributed by atoms with Crippen molar-refractivity contribution in [1.82, 2.24) is 9.97 Å². The molecule has 0 aliphatic heterocycles. The van der Waals surface area contributed by atoms with Gasteiger partial charge in [-0.1, -0.05) is 20.8 Å². The second-order valence-electron chi connectivity index (χ2n) is 5.63. The highest BCUT2D eigenvalue weighted by Crippen LogP contribution is 2.24. The van der Waals surface area contributed by atoms with Gasteiger partial charge in [0.2, 0.25) is 0 Å². The van der Waals surface area contributed by atoms with E-state index in [1.807, 2.05) is 20.8 Å². The van der Waals surface area contributed by atoms with E-state index in [1.54, 1.807) is 6.07 Å². The highest BCUT2D eigenvalue weighted by molar-refractivity contribution is 5.91. The molecule has 1 aromatic carbocycles. The molecule has 1 heterocycles. The van der Waals surface area contributed by atoms with Crippen LogP contribution in [0.5, 0.6) is 0 Å². The number of nitrogens with zero attached hydrogens (tertiary/aromatic N) is 3. The molecule has 0 fully saturated rings. The van der Waals surface area contributed by atoms with Gasteiger partial charge in [0.1, 0.15) is 12.1 Å². The van der Waals surface area contributed by atoms with E-state index in [2.05, 4.69) is 9.97 Å². The SMILES string of the molecule is CC(C)(C)C(=O)Cc1ncnc2ccc([N+](=O)[O-])cc12. The monoisotopic (exact) mass is 273 g/mol. The van der Waals surface area contributed by atoms with Crippen LogP contribution in [0.25, 0.3) is 10.9 Å². The quantitative estimate of drug-likeness (QED) is 0.634. The molecule has 6 heteroatoms. The van der Waals surface area contributed by atoms with Crippen molar-refractivity contribution in [2.75, 3.05) is 0 Å². The van der Waals surface area contributed by atoms with Gasteiger partial charge in [0.25, 0.3) is 5.69 Å². The molecule has 0 atom stereocenters. The van der Waals surface area contributed by atoms with E-state index in [4.69, 9.17) is 0 Å². The Hall–Kier alpha value is -2.37. The molecule has 0 amide bonds. The van der Waals surface area contributed by atoms with Crippen molar-refractivity contribution in [2.45, 2.75) is 27.2 Å². The zero-order valence-corrected chi connectivity index (χ0v) is 11.6. The number of nitro benzene ring substituents is 1. The number of carbonyl (C=O) groups is 1. The van der Waals surface area contributed by atoms with Crippen molar-refractivity contribution in [1.29, 1.82) is 0 Å². The number of ketones is 1. The summed E-state index contributed by atoms with van der Waals surface area (Å²) in [5.41, 5.74) is 0.621. The summed E-state index contributed by atoms with van der Waals surface area (Å²) >= 11 is 0. The Morgan fingerprint density at radius 1 is 1.30 bits per heavy atom. The Balaban J connectivity index is 2.50. The largest absolute Gasteiger partial charge is 0.299 e. The van der Waals surface area contributed by atoms with Gasteiger partial charge in [-0.15, -0.1) is 0 Å². The number of non-ortho nitro benzene ring substituents is 1. The first-order valence-corrected chi connectivity index (χ1v) is 6.20. The third-order valence-electron chi connectivity index (χ3n) is 3.08. The van der Waals surface area contributed by atoms with E-state index in [9.17, 15) is 14.9 Å². The average Bonchev–Trinajstić information content (AvgIpc) is 2.37. The van der Waals surface area contributed by atoms with E-state index < -0.39 is 10.3 Å². The lowest BCUT2D eigenvalue weighted by molar-refractivity contribution is -0.384. The van der Waals surface area contributed by atoms with E-state index >= 15 is 0 Å². The molecule has 0 radical (unpaired) electrons. The highest BCUT2D eigenvalue weighted by atomic mass is 16.6. The summed E-state index contributed by atoms with van der Waals surface area (Å²) in [7, 11) is 0. The Labute approximate surface area is 116 Å². The van der Waals surface area contributed by atoms with Crippen LogP contribution in [0.4, 0.5) is 5.69 Å². The van der Waals surface area contributed by atoms with Gasteiger partial charge in [-0.2, -0.15) is 0 Å². The molecule has 104 valence electrons. The molecule has 0 N–H and O–H groups in total. The molecular formula is C14H15N3O3. The first-order chi connectivity index (χ1) is 9.29. The molecule has 6 nitrogen and oxygen atoms in total. The maximum atomic E-state index is 12.1. The zero-order chi connectivity index (χ0) is 14.9. The van der Waals surface area contributed by atoms with Crippen molar-refractivity contribution >= 4 is 22.4 Å². The van der Waals surface area contributed by atoms with Crippen LogP contribution in [-0.2, 0) is 11.2 Å². The molecule has 2 rings (SSSR count). The van der Waals surface area contributed by atoms with E-state index in [-0.39, 0.29) is 17.9 Å². The van der Waals surface area contributed by atoms with Crippen molar-refractivity contribution in [3.63, 3.8) is 0 Å². The standard InChI is InChI=1S/C14H15N3O3/c1-14(2,3)13(18)7-12-10-6-9(17(19)20)4-5-11(10)15-8-16-12/h4-6,8H,7H2,1-3H3. The predicted molar refractivity (Wildman–Crippen MR) is 74.4 cm³/mol. The van der Waals surface area contributed by atoms with Gasteiger partial charge < -0.3 is 0 Å². The van der Waals surface area contributed by atoms with Crippen LogP contribution in [0.3, 0.4) is 0 Å². The maximum Gasteiger partial charge on any atom is 0.270 e. The number of rotatable bonds is 3. The molecule has 0 unspecified atom stereocenters. The van der Waals surface area contributed by atoms with Crippen LogP contribution in [0.15, 0.2) is 24.5 Å². The van der Waals surface area contributed by atoms with Gasteiger partial charge >= 0.3 is 0 Å². The molecule has 0 bridgehead atoms. The fraction of sp³-hybridized carbons (Fsp3) is 0.357. The Morgan fingerprint density at radius 2 is 2.00 bits per heavy atom. The van der Waals surface area contributed by atoms with Crippen LogP contribution in [0, 0.1) is 15.5 Å². The van der Waals surface area contributed by atoms with E-state index in [1.165, 1.54) is 18.5 Å². The van der Waals surface area contributed by atoms with Gasteiger partial charge in [0, 0.05) is 29.4 Å². The Bertz CT molecular complexity index is 690. The molecule has 0 spiro atoms. The number of carbonyl (C=O) groups excluding carboxylic acids is 1. The van der Waals surface area contributed by atoms with Crippen LogP contribution >= 0.6 is 0 Å². The number of fused-ring (bicyclic) bond motifs is 1. The fourth-order valence-corrected chi connectivity index (χ4v) is 1.77. The minimum atomic E-state index is -0.474. The molecule has 2 aromatic rings. The summed E-state index contributed by atoms with van der Waals surface area (Å²) in [5.74, 6) is 0.0315. The maximum absolute atomic E-state index is 12.1. The first-order valence-electron chi connectivity index (χ1n) is 6.20. The van der Waals surface area contributed by atoms with Crippen LogP contribution in [-0.4, -0.2) is 20.7 Å². The smallest absolute Gasteiger partial charge is 0.270 e. The number of benzene rings is 1. The van der Waals surface area contributed by atoms with Gasteiger partial charge in [0.15, 0.2) is 0 Å². The summed E-state index contributed by atoms with van der Waals surface area (Å²) in [6.45, 7) is 5.50. The topological polar surface area (TPSA) is 86.0 Å². The number of aromatic nitrogens is 2. The second kappa shape index (κ2) is 4.96. The van der Waals surface area contributed by atoms with Crippen LogP contribution in [0.2, 0.25) is 0 Å².